The molecule has 16 heavy (non-hydrogen) atoms. The number of ether oxygens (including phenoxy) is 1. The molecule has 3 nitrogen and oxygen atoms in total. The summed E-state index contributed by atoms with van der Waals surface area (Å²) in [6.07, 6.45) is 0.416. The minimum atomic E-state index is -0.484. The highest BCUT2D eigenvalue weighted by Crippen LogP contribution is 2.26. The molecule has 1 unspecified atom stereocenters. The fraction of sp³-hybridized carbons (Fsp3) is 0.538. The zero-order chi connectivity index (χ0) is 12.0. The van der Waals surface area contributed by atoms with Gasteiger partial charge in [0.1, 0.15) is 5.75 Å². The zero-order valence-electron chi connectivity index (χ0n) is 9.89. The van der Waals surface area contributed by atoms with E-state index in [1.165, 1.54) is 0 Å². The average molecular weight is 224 g/mol. The van der Waals surface area contributed by atoms with Gasteiger partial charge in [-0.2, -0.15) is 0 Å². The quantitative estimate of drug-likeness (QED) is 0.779. The van der Waals surface area contributed by atoms with E-state index in [9.17, 15) is 5.11 Å². The molecule has 0 aliphatic rings. The van der Waals surface area contributed by atoms with Gasteiger partial charge in [0, 0.05) is 12.0 Å². The molecule has 1 aromatic carbocycles. The van der Waals surface area contributed by atoms with Crippen molar-refractivity contribution in [3.05, 3.63) is 29.8 Å². The Labute approximate surface area is 96.7 Å². The molecule has 0 radical (unpaired) electrons. The lowest BCUT2D eigenvalue weighted by molar-refractivity contribution is 0.147. The molecule has 0 aliphatic carbocycles. The van der Waals surface area contributed by atoms with Crippen molar-refractivity contribution in [2.75, 3.05) is 6.61 Å². The molecule has 2 atom stereocenters. The van der Waals surface area contributed by atoms with Crippen LogP contribution in [0.2, 0.25) is 0 Å². The second-order valence-corrected chi connectivity index (χ2v) is 3.95. The highest BCUT2D eigenvalue weighted by molar-refractivity contribution is 5.34. The summed E-state index contributed by atoms with van der Waals surface area (Å²) >= 11 is 0. The summed E-state index contributed by atoms with van der Waals surface area (Å²) in [6.45, 7) is 4.12. The number of hydrogen-bond donors (Lipinski definition) is 2. The smallest absolute Gasteiger partial charge is 0.125 e. The van der Waals surface area contributed by atoms with Crippen LogP contribution in [0.3, 0.4) is 0 Å². The number of hydrogen-bond acceptors (Lipinski definition) is 3. The molecule has 0 fully saturated rings. The molecular weight excluding hydrogens is 204 g/mol. The largest absolute Gasteiger partial charge is 0.493 e. The van der Waals surface area contributed by atoms with Gasteiger partial charge in [-0.3, -0.25) is 0 Å². The van der Waals surface area contributed by atoms with E-state index >= 15 is 0 Å². The van der Waals surface area contributed by atoms with Crippen molar-refractivity contribution < 1.29 is 14.9 Å². The maximum Gasteiger partial charge on any atom is 0.125 e. The monoisotopic (exact) mass is 224 g/mol. The van der Waals surface area contributed by atoms with Gasteiger partial charge >= 0.3 is 0 Å². The van der Waals surface area contributed by atoms with Gasteiger partial charge < -0.3 is 14.9 Å². The number of rotatable bonds is 6. The van der Waals surface area contributed by atoms with E-state index < -0.39 is 6.10 Å². The first-order chi connectivity index (χ1) is 7.65. The molecule has 1 rings (SSSR count). The van der Waals surface area contributed by atoms with Crippen molar-refractivity contribution in [1.29, 1.82) is 0 Å². The molecule has 2 N–H and O–H groups in total. The van der Waals surface area contributed by atoms with Gasteiger partial charge in [-0.25, -0.2) is 0 Å². The average Bonchev–Trinajstić information content (AvgIpc) is 2.28. The Balaban J connectivity index is 2.64. The fourth-order valence-corrected chi connectivity index (χ4v) is 1.45. The Bertz CT molecular complexity index is 310. The summed E-state index contributed by atoms with van der Waals surface area (Å²) in [5, 5.41) is 18.9. The molecule has 1 aromatic rings. The van der Waals surface area contributed by atoms with E-state index in [2.05, 4.69) is 0 Å². The van der Waals surface area contributed by atoms with Crippen LogP contribution in [0.1, 0.15) is 38.4 Å². The van der Waals surface area contributed by atoms with Gasteiger partial charge in [-0.05, 0) is 19.4 Å². The van der Waals surface area contributed by atoms with Crippen LogP contribution in [0, 0.1) is 0 Å². The molecule has 0 saturated carbocycles. The van der Waals surface area contributed by atoms with Crippen molar-refractivity contribution >= 4 is 0 Å². The summed E-state index contributed by atoms with van der Waals surface area (Å²) in [5.41, 5.74) is 0.815. The molecule has 0 amide bonds. The van der Waals surface area contributed by atoms with Gasteiger partial charge in [0.25, 0.3) is 0 Å². The van der Waals surface area contributed by atoms with Crippen molar-refractivity contribution in [2.45, 2.75) is 38.9 Å². The van der Waals surface area contributed by atoms with Crippen LogP contribution in [0.25, 0.3) is 0 Å². The minimum Gasteiger partial charge on any atom is -0.493 e. The number of para-hydroxylation sites is 1. The van der Waals surface area contributed by atoms with Crippen molar-refractivity contribution in [1.82, 2.24) is 0 Å². The number of aliphatic hydroxyl groups excluding tert-OH is 2. The lowest BCUT2D eigenvalue weighted by Crippen LogP contribution is -2.09. The molecule has 0 heterocycles. The molecule has 0 aliphatic heterocycles. The van der Waals surface area contributed by atoms with Gasteiger partial charge in [0.05, 0.1) is 18.8 Å². The Morgan fingerprint density at radius 3 is 2.56 bits per heavy atom. The fourth-order valence-electron chi connectivity index (χ4n) is 1.45. The SMILES string of the molecule is CC[C@H](O)c1ccccc1OCCC(C)O. The Kier molecular flexibility index (Phi) is 5.29. The lowest BCUT2D eigenvalue weighted by Gasteiger charge is -2.15. The maximum absolute atomic E-state index is 9.79. The van der Waals surface area contributed by atoms with Gasteiger partial charge in [-0.15, -0.1) is 0 Å². The molecule has 90 valence electrons. The highest BCUT2D eigenvalue weighted by Gasteiger charge is 2.10. The van der Waals surface area contributed by atoms with Crippen LogP contribution >= 0.6 is 0 Å². The summed E-state index contributed by atoms with van der Waals surface area (Å²) in [6, 6.07) is 7.47. The molecule has 0 saturated heterocycles. The van der Waals surface area contributed by atoms with Crippen molar-refractivity contribution in [3.8, 4) is 5.75 Å². The third-order valence-corrected chi connectivity index (χ3v) is 2.46. The van der Waals surface area contributed by atoms with E-state index in [0.717, 1.165) is 5.56 Å². The van der Waals surface area contributed by atoms with E-state index in [1.54, 1.807) is 6.92 Å². The standard InChI is InChI=1S/C13H20O3/c1-3-12(15)11-6-4-5-7-13(11)16-9-8-10(2)14/h4-7,10,12,14-15H,3,8-9H2,1-2H3/t10?,12-/m0/s1. The molecular formula is C13H20O3. The topological polar surface area (TPSA) is 49.7 Å². The first-order valence-electron chi connectivity index (χ1n) is 5.73. The summed E-state index contributed by atoms with van der Waals surface area (Å²) in [5.74, 6) is 0.706. The first kappa shape index (κ1) is 13.0. The minimum absolute atomic E-state index is 0.358. The predicted molar refractivity (Wildman–Crippen MR) is 63.5 cm³/mol. The molecule has 0 bridgehead atoms. The van der Waals surface area contributed by atoms with Crippen LogP contribution in [0.4, 0.5) is 0 Å². The normalized spacial score (nSPS) is 14.5. The predicted octanol–water partition coefficient (Wildman–Crippen LogP) is 2.28. The highest BCUT2D eigenvalue weighted by atomic mass is 16.5. The molecule has 0 spiro atoms. The van der Waals surface area contributed by atoms with Crippen LogP contribution < -0.4 is 4.74 Å². The van der Waals surface area contributed by atoms with Gasteiger partial charge in [-0.1, -0.05) is 25.1 Å². The zero-order valence-corrected chi connectivity index (χ0v) is 9.89. The van der Waals surface area contributed by atoms with Crippen LogP contribution in [0.15, 0.2) is 24.3 Å². The molecule has 0 aromatic heterocycles. The van der Waals surface area contributed by atoms with Gasteiger partial charge in [0.15, 0.2) is 0 Å². The second-order valence-electron chi connectivity index (χ2n) is 3.95. The van der Waals surface area contributed by atoms with E-state index in [4.69, 9.17) is 9.84 Å². The maximum atomic E-state index is 9.79. The number of benzene rings is 1. The molecule has 3 heteroatoms. The van der Waals surface area contributed by atoms with Crippen LogP contribution in [-0.2, 0) is 0 Å². The van der Waals surface area contributed by atoms with E-state index in [0.29, 0.717) is 25.2 Å². The Morgan fingerprint density at radius 2 is 1.94 bits per heavy atom. The number of aliphatic hydroxyl groups is 2. The Hall–Kier alpha value is -1.06. The van der Waals surface area contributed by atoms with E-state index in [-0.39, 0.29) is 6.10 Å². The summed E-state index contributed by atoms with van der Waals surface area (Å²) in [4.78, 5) is 0. The second kappa shape index (κ2) is 6.51. The summed E-state index contributed by atoms with van der Waals surface area (Å²) < 4.78 is 5.55. The van der Waals surface area contributed by atoms with Crippen molar-refractivity contribution in [2.24, 2.45) is 0 Å². The third kappa shape index (κ3) is 3.83. The van der Waals surface area contributed by atoms with Crippen LogP contribution in [-0.4, -0.2) is 22.9 Å². The third-order valence-electron chi connectivity index (χ3n) is 2.46. The summed E-state index contributed by atoms with van der Waals surface area (Å²) in [7, 11) is 0. The first-order valence-corrected chi connectivity index (χ1v) is 5.73. The Morgan fingerprint density at radius 1 is 1.25 bits per heavy atom. The van der Waals surface area contributed by atoms with Crippen LogP contribution in [0.5, 0.6) is 5.75 Å². The lowest BCUT2D eigenvalue weighted by atomic mass is 10.1. The van der Waals surface area contributed by atoms with E-state index in [1.807, 2.05) is 31.2 Å². The van der Waals surface area contributed by atoms with Gasteiger partial charge in [0.2, 0.25) is 0 Å². The van der Waals surface area contributed by atoms with Crippen molar-refractivity contribution in [3.63, 3.8) is 0 Å².